The van der Waals surface area contributed by atoms with Gasteiger partial charge in [0.05, 0.1) is 6.33 Å². The van der Waals surface area contributed by atoms with E-state index in [2.05, 4.69) is 84.6 Å². The molecule has 2 heteroatoms. The minimum absolute atomic E-state index is 0.248. The number of allylic oxidation sites excluding steroid dienone is 12. The molecular formula is C24H36N2. The number of hydrogen-bond donors (Lipinski definition) is 1. The standard InChI is InChI=1S/C22H30N2.C2H6/c1-5-9-13-19(14-10-6-2)16-21(22-17-23-18-24-22)20(12-8-4)15-11-7-3;1-2/h5,7-15,17-18,21H,6,16H2,1-4H3,(H,23,24);1-2H3/b9-5-,11-7-,12-8-,14-10-,19-13+,20-15+;. The Morgan fingerprint density at radius 1 is 1.04 bits per heavy atom. The third-order valence-electron chi connectivity index (χ3n) is 3.65. The van der Waals surface area contributed by atoms with Crippen molar-refractivity contribution in [2.75, 3.05) is 0 Å². The van der Waals surface area contributed by atoms with E-state index in [1.807, 2.05) is 33.9 Å². The van der Waals surface area contributed by atoms with Gasteiger partial charge in [0.25, 0.3) is 0 Å². The van der Waals surface area contributed by atoms with Gasteiger partial charge in [-0.1, -0.05) is 81.5 Å². The first-order chi connectivity index (χ1) is 12.8. The van der Waals surface area contributed by atoms with Gasteiger partial charge in [0.1, 0.15) is 0 Å². The molecule has 0 amide bonds. The lowest BCUT2D eigenvalue weighted by molar-refractivity contribution is 0.781. The molecule has 0 aliphatic carbocycles. The summed E-state index contributed by atoms with van der Waals surface area (Å²) >= 11 is 0. The molecule has 0 spiro atoms. The van der Waals surface area contributed by atoms with Gasteiger partial charge in [-0.05, 0) is 44.8 Å². The third-order valence-corrected chi connectivity index (χ3v) is 3.65. The maximum Gasteiger partial charge on any atom is 0.0921 e. The second-order valence-electron chi connectivity index (χ2n) is 5.53. The minimum atomic E-state index is 0.248. The van der Waals surface area contributed by atoms with E-state index >= 15 is 0 Å². The second kappa shape index (κ2) is 16.1. The molecule has 0 aliphatic heterocycles. The molecule has 0 fully saturated rings. The van der Waals surface area contributed by atoms with Crippen LogP contribution in [0.4, 0.5) is 0 Å². The van der Waals surface area contributed by atoms with E-state index < -0.39 is 0 Å². The summed E-state index contributed by atoms with van der Waals surface area (Å²) in [6.07, 6.45) is 27.1. The van der Waals surface area contributed by atoms with Crippen LogP contribution in [0.15, 0.2) is 84.4 Å². The molecule has 26 heavy (non-hydrogen) atoms. The highest BCUT2D eigenvalue weighted by molar-refractivity contribution is 5.37. The number of hydrogen-bond acceptors (Lipinski definition) is 1. The molecule has 2 nitrogen and oxygen atoms in total. The van der Waals surface area contributed by atoms with Crippen LogP contribution in [0.1, 0.15) is 66.0 Å². The molecule has 0 saturated heterocycles. The Morgan fingerprint density at radius 3 is 2.27 bits per heavy atom. The van der Waals surface area contributed by atoms with Crippen molar-refractivity contribution in [3.05, 3.63) is 90.1 Å². The van der Waals surface area contributed by atoms with Crippen molar-refractivity contribution in [2.45, 2.75) is 60.3 Å². The Kier molecular flexibility index (Phi) is 14.7. The van der Waals surface area contributed by atoms with Crippen molar-refractivity contribution in [3.63, 3.8) is 0 Å². The molecule has 1 heterocycles. The van der Waals surface area contributed by atoms with Crippen LogP contribution < -0.4 is 0 Å². The third kappa shape index (κ3) is 9.22. The van der Waals surface area contributed by atoms with Gasteiger partial charge >= 0.3 is 0 Å². The Morgan fingerprint density at radius 2 is 1.73 bits per heavy atom. The van der Waals surface area contributed by atoms with Gasteiger partial charge in [-0.25, -0.2) is 4.98 Å². The summed E-state index contributed by atoms with van der Waals surface area (Å²) in [4.78, 5) is 7.51. The summed E-state index contributed by atoms with van der Waals surface area (Å²) in [6, 6.07) is 0. The number of aromatic nitrogens is 2. The zero-order valence-electron chi connectivity index (χ0n) is 17.4. The molecule has 0 radical (unpaired) electrons. The van der Waals surface area contributed by atoms with Crippen molar-refractivity contribution in [1.82, 2.24) is 9.97 Å². The van der Waals surface area contributed by atoms with Crippen molar-refractivity contribution in [1.29, 1.82) is 0 Å². The molecule has 142 valence electrons. The molecule has 1 atom stereocenters. The van der Waals surface area contributed by atoms with Crippen LogP contribution in [0.3, 0.4) is 0 Å². The van der Waals surface area contributed by atoms with Crippen molar-refractivity contribution in [3.8, 4) is 0 Å². The number of nitrogens with one attached hydrogen (secondary N) is 1. The fourth-order valence-corrected chi connectivity index (χ4v) is 2.47. The molecular weight excluding hydrogens is 316 g/mol. The maximum atomic E-state index is 4.22. The molecule has 0 aromatic carbocycles. The summed E-state index contributed by atoms with van der Waals surface area (Å²) < 4.78 is 0. The highest BCUT2D eigenvalue weighted by atomic mass is 14.9. The lowest BCUT2D eigenvalue weighted by Gasteiger charge is -2.18. The number of nitrogens with zero attached hydrogens (tertiary/aromatic N) is 1. The predicted molar refractivity (Wildman–Crippen MR) is 117 cm³/mol. The predicted octanol–water partition coefficient (Wildman–Crippen LogP) is 7.46. The van der Waals surface area contributed by atoms with Crippen LogP contribution >= 0.6 is 0 Å². The molecule has 1 rings (SSSR count). The number of aromatic amines is 1. The van der Waals surface area contributed by atoms with Crippen LogP contribution in [0.25, 0.3) is 0 Å². The normalized spacial score (nSPS) is 14.5. The topological polar surface area (TPSA) is 28.7 Å². The van der Waals surface area contributed by atoms with Gasteiger partial charge in [-0.3, -0.25) is 0 Å². The number of H-pyrrole nitrogens is 1. The van der Waals surface area contributed by atoms with E-state index in [0.29, 0.717) is 0 Å². The van der Waals surface area contributed by atoms with Crippen LogP contribution in [0, 0.1) is 0 Å². The average molecular weight is 353 g/mol. The van der Waals surface area contributed by atoms with Gasteiger partial charge in [-0.2, -0.15) is 0 Å². The van der Waals surface area contributed by atoms with Crippen LogP contribution in [0.5, 0.6) is 0 Å². The lowest BCUT2D eigenvalue weighted by atomic mass is 9.88. The smallest absolute Gasteiger partial charge is 0.0921 e. The fraction of sp³-hybridized carbons (Fsp3) is 0.375. The molecule has 0 aliphatic rings. The summed E-state index contributed by atoms with van der Waals surface area (Å²) in [7, 11) is 0. The first-order valence-corrected chi connectivity index (χ1v) is 9.69. The average Bonchev–Trinajstić information content (AvgIpc) is 3.21. The molecule has 1 unspecified atom stereocenters. The quantitative estimate of drug-likeness (QED) is 0.459. The molecule has 1 aromatic rings. The van der Waals surface area contributed by atoms with Crippen LogP contribution in [-0.4, -0.2) is 9.97 Å². The van der Waals surface area contributed by atoms with Gasteiger partial charge in [0.2, 0.25) is 0 Å². The van der Waals surface area contributed by atoms with Gasteiger partial charge in [0.15, 0.2) is 0 Å². The highest BCUT2D eigenvalue weighted by Gasteiger charge is 2.17. The van der Waals surface area contributed by atoms with E-state index in [0.717, 1.165) is 18.5 Å². The summed E-state index contributed by atoms with van der Waals surface area (Å²) in [5.74, 6) is 0.248. The number of rotatable bonds is 9. The Balaban J connectivity index is 0.00000301. The Labute approximate surface area is 160 Å². The zero-order chi connectivity index (χ0) is 19.6. The molecule has 0 bridgehead atoms. The maximum absolute atomic E-state index is 4.22. The largest absolute Gasteiger partial charge is 0.348 e. The monoisotopic (exact) mass is 352 g/mol. The van der Waals surface area contributed by atoms with E-state index in [1.54, 1.807) is 6.33 Å². The van der Waals surface area contributed by atoms with E-state index in [1.165, 1.54) is 11.1 Å². The van der Waals surface area contributed by atoms with Crippen LogP contribution in [0.2, 0.25) is 0 Å². The Hall–Kier alpha value is -2.35. The van der Waals surface area contributed by atoms with Gasteiger partial charge in [-0.15, -0.1) is 0 Å². The van der Waals surface area contributed by atoms with E-state index in [4.69, 9.17) is 0 Å². The summed E-state index contributed by atoms with van der Waals surface area (Å²) in [6.45, 7) is 12.3. The minimum Gasteiger partial charge on any atom is -0.348 e. The summed E-state index contributed by atoms with van der Waals surface area (Å²) in [5.41, 5.74) is 3.72. The first kappa shape index (κ1) is 23.6. The molecule has 1 aromatic heterocycles. The molecule has 1 N–H and O–H groups in total. The SMILES string of the molecule is CC.C\C=C/C=C(\C=C/CC)CC(C(/C=C\C)=C/C=C\C)c1cnc[nH]1. The Bertz CT molecular complexity index is 623. The molecule has 0 saturated carbocycles. The van der Waals surface area contributed by atoms with Crippen molar-refractivity contribution >= 4 is 0 Å². The lowest BCUT2D eigenvalue weighted by Crippen LogP contribution is -2.03. The van der Waals surface area contributed by atoms with Crippen LogP contribution in [-0.2, 0) is 0 Å². The van der Waals surface area contributed by atoms with E-state index in [9.17, 15) is 0 Å². The van der Waals surface area contributed by atoms with Crippen molar-refractivity contribution < 1.29 is 0 Å². The van der Waals surface area contributed by atoms with Gasteiger partial charge < -0.3 is 4.98 Å². The van der Waals surface area contributed by atoms with E-state index in [-0.39, 0.29) is 5.92 Å². The zero-order valence-corrected chi connectivity index (χ0v) is 17.4. The summed E-state index contributed by atoms with van der Waals surface area (Å²) in [5, 5.41) is 0. The van der Waals surface area contributed by atoms with Crippen molar-refractivity contribution in [2.24, 2.45) is 0 Å². The highest BCUT2D eigenvalue weighted by Crippen LogP contribution is 2.31. The fourth-order valence-electron chi connectivity index (χ4n) is 2.47. The van der Waals surface area contributed by atoms with Gasteiger partial charge in [0, 0.05) is 17.8 Å². The second-order valence-corrected chi connectivity index (χ2v) is 5.53. The first-order valence-electron chi connectivity index (χ1n) is 9.69. The number of imidazole rings is 1.